The molecule has 0 aliphatic rings. The van der Waals surface area contributed by atoms with Crippen molar-refractivity contribution in [2.45, 2.75) is 0 Å². The van der Waals surface area contributed by atoms with Crippen LogP contribution in [0.2, 0.25) is 0 Å². The quantitative estimate of drug-likeness (QED) is 0.551. The van der Waals surface area contributed by atoms with E-state index in [1.807, 2.05) is 60.7 Å². The fraction of sp³-hybridized carbons (Fsp3) is 0. The molecule has 2 heteroatoms. The molecule has 3 aromatic rings. The average molecular weight is 231 g/mol. The van der Waals surface area contributed by atoms with Crippen LogP contribution >= 0.6 is 0 Å². The standard InChI is InChI=1S/C16H11N2/c1-2-8-15(9-3-1)17-18-16-11-10-13-6-4-5-7-14(13)12-16/h1-11H/b18-17+. The van der Waals surface area contributed by atoms with Gasteiger partial charge < -0.3 is 0 Å². The summed E-state index contributed by atoms with van der Waals surface area (Å²) in [6, 6.07) is 25.0. The number of hydrogen-bond donors (Lipinski definition) is 0. The Morgan fingerprint density at radius 1 is 0.667 bits per heavy atom. The van der Waals surface area contributed by atoms with Gasteiger partial charge in [0.25, 0.3) is 0 Å². The molecule has 0 aliphatic heterocycles. The minimum atomic E-state index is 0.748. The van der Waals surface area contributed by atoms with Gasteiger partial charge in [-0.3, -0.25) is 0 Å². The molecule has 0 unspecified atom stereocenters. The Labute approximate surface area is 106 Å². The Balaban J connectivity index is 1.93. The molecule has 0 N–H and O–H groups in total. The van der Waals surface area contributed by atoms with E-state index in [2.05, 4.69) is 22.4 Å². The molecular formula is C16H11N2. The Morgan fingerprint density at radius 3 is 2.33 bits per heavy atom. The number of fused-ring (bicyclic) bond motifs is 1. The molecular weight excluding hydrogens is 220 g/mol. The summed E-state index contributed by atoms with van der Waals surface area (Å²) in [6.45, 7) is 0. The van der Waals surface area contributed by atoms with Gasteiger partial charge in [-0.15, -0.1) is 5.11 Å². The highest BCUT2D eigenvalue weighted by Gasteiger charge is 1.95. The molecule has 1 radical (unpaired) electrons. The monoisotopic (exact) mass is 231 g/mol. The number of nitrogens with zero attached hydrogens (tertiary/aromatic N) is 2. The summed E-state index contributed by atoms with van der Waals surface area (Å²) in [6.07, 6.45) is 0. The molecule has 0 saturated heterocycles. The van der Waals surface area contributed by atoms with Crippen LogP contribution in [0, 0.1) is 6.07 Å². The van der Waals surface area contributed by atoms with Crippen LogP contribution in [0.3, 0.4) is 0 Å². The maximum absolute atomic E-state index is 4.20. The van der Waals surface area contributed by atoms with E-state index in [1.54, 1.807) is 0 Å². The molecule has 0 aliphatic carbocycles. The summed E-state index contributed by atoms with van der Waals surface area (Å²) < 4.78 is 0. The molecule has 2 nitrogen and oxygen atoms in total. The van der Waals surface area contributed by atoms with Crippen molar-refractivity contribution in [2.75, 3.05) is 0 Å². The van der Waals surface area contributed by atoms with Gasteiger partial charge >= 0.3 is 0 Å². The minimum absolute atomic E-state index is 0.748. The van der Waals surface area contributed by atoms with Crippen LogP contribution < -0.4 is 0 Å². The van der Waals surface area contributed by atoms with E-state index >= 15 is 0 Å². The van der Waals surface area contributed by atoms with E-state index in [4.69, 9.17) is 0 Å². The highest BCUT2D eigenvalue weighted by atomic mass is 15.1. The maximum atomic E-state index is 4.20. The van der Waals surface area contributed by atoms with Gasteiger partial charge in [0.1, 0.15) is 0 Å². The summed E-state index contributed by atoms with van der Waals surface area (Å²) in [5.41, 5.74) is 1.59. The highest BCUT2D eigenvalue weighted by Crippen LogP contribution is 2.22. The van der Waals surface area contributed by atoms with Crippen molar-refractivity contribution in [1.29, 1.82) is 0 Å². The largest absolute Gasteiger partial charge is 0.151 e. The molecule has 0 heterocycles. The molecule has 85 valence electrons. The van der Waals surface area contributed by atoms with Gasteiger partial charge in [-0.1, -0.05) is 48.5 Å². The van der Waals surface area contributed by atoms with Gasteiger partial charge in [0.2, 0.25) is 0 Å². The van der Waals surface area contributed by atoms with Gasteiger partial charge in [0, 0.05) is 6.07 Å². The van der Waals surface area contributed by atoms with Crippen molar-refractivity contribution in [3.8, 4) is 0 Å². The van der Waals surface area contributed by atoms with Crippen molar-refractivity contribution in [3.05, 3.63) is 72.8 Å². The highest BCUT2D eigenvalue weighted by molar-refractivity contribution is 5.84. The van der Waals surface area contributed by atoms with E-state index in [9.17, 15) is 0 Å². The molecule has 3 aromatic carbocycles. The number of hydrogen-bond acceptors (Lipinski definition) is 2. The van der Waals surface area contributed by atoms with E-state index < -0.39 is 0 Å². The first-order chi connectivity index (χ1) is 8.92. The molecule has 0 aromatic heterocycles. The van der Waals surface area contributed by atoms with E-state index in [-0.39, 0.29) is 0 Å². The molecule has 0 spiro atoms. The molecule has 0 amide bonds. The maximum Gasteiger partial charge on any atom is 0.0942 e. The molecule has 18 heavy (non-hydrogen) atoms. The molecule has 0 atom stereocenters. The zero-order valence-corrected chi connectivity index (χ0v) is 9.75. The van der Waals surface area contributed by atoms with Crippen LogP contribution in [0.15, 0.2) is 77.0 Å². The fourth-order valence-corrected chi connectivity index (χ4v) is 1.77. The summed E-state index contributed by atoms with van der Waals surface area (Å²) in [4.78, 5) is 0. The molecule has 0 bridgehead atoms. The van der Waals surface area contributed by atoms with Crippen molar-refractivity contribution in [2.24, 2.45) is 10.2 Å². The van der Waals surface area contributed by atoms with Crippen molar-refractivity contribution in [1.82, 2.24) is 0 Å². The predicted octanol–water partition coefficient (Wildman–Crippen LogP) is 5.06. The second-order valence-electron chi connectivity index (χ2n) is 3.97. The van der Waals surface area contributed by atoms with Crippen LogP contribution in [0.4, 0.5) is 11.4 Å². The SMILES string of the molecule is [c]1c(/N=N/c2ccccc2)ccc2ccccc12. The average Bonchev–Trinajstić information content (AvgIpc) is 2.46. The third-order valence-corrected chi connectivity index (χ3v) is 2.67. The lowest BCUT2D eigenvalue weighted by Gasteiger charge is -1.97. The fourth-order valence-electron chi connectivity index (χ4n) is 1.77. The van der Waals surface area contributed by atoms with Crippen LogP contribution in [0.1, 0.15) is 0 Å². The van der Waals surface area contributed by atoms with Gasteiger partial charge in [-0.25, -0.2) is 0 Å². The zero-order chi connectivity index (χ0) is 12.2. The predicted molar refractivity (Wildman–Crippen MR) is 73.4 cm³/mol. The Bertz CT molecular complexity index is 688. The van der Waals surface area contributed by atoms with Crippen molar-refractivity contribution < 1.29 is 0 Å². The Hall–Kier alpha value is -2.48. The number of rotatable bonds is 2. The lowest BCUT2D eigenvalue weighted by molar-refractivity contribution is 1.23. The number of benzene rings is 3. The lowest BCUT2D eigenvalue weighted by atomic mass is 10.1. The summed E-state index contributed by atoms with van der Waals surface area (Å²) in [7, 11) is 0. The second kappa shape index (κ2) is 4.80. The van der Waals surface area contributed by atoms with Gasteiger partial charge in [0.05, 0.1) is 11.4 Å². The topological polar surface area (TPSA) is 24.7 Å². The summed E-state index contributed by atoms with van der Waals surface area (Å²) >= 11 is 0. The number of azo groups is 1. The van der Waals surface area contributed by atoms with Gasteiger partial charge in [0.15, 0.2) is 0 Å². The zero-order valence-electron chi connectivity index (χ0n) is 9.75. The summed E-state index contributed by atoms with van der Waals surface area (Å²) in [5, 5.41) is 10.6. The first-order valence-corrected chi connectivity index (χ1v) is 5.80. The van der Waals surface area contributed by atoms with E-state index in [0.717, 1.165) is 22.1 Å². The third-order valence-electron chi connectivity index (χ3n) is 2.67. The van der Waals surface area contributed by atoms with Crippen LogP contribution in [0.25, 0.3) is 10.8 Å². The van der Waals surface area contributed by atoms with E-state index in [1.165, 1.54) is 0 Å². The molecule has 0 saturated carbocycles. The Morgan fingerprint density at radius 2 is 1.44 bits per heavy atom. The normalized spacial score (nSPS) is 11.1. The smallest absolute Gasteiger partial charge is 0.0942 e. The van der Waals surface area contributed by atoms with Crippen LogP contribution in [0.5, 0.6) is 0 Å². The summed E-state index contributed by atoms with van der Waals surface area (Å²) in [5.74, 6) is 0. The minimum Gasteiger partial charge on any atom is -0.151 e. The third kappa shape index (κ3) is 2.28. The van der Waals surface area contributed by atoms with E-state index in [0.29, 0.717) is 0 Å². The van der Waals surface area contributed by atoms with Gasteiger partial charge in [-0.2, -0.15) is 5.11 Å². The molecule has 0 fully saturated rings. The van der Waals surface area contributed by atoms with Gasteiger partial charge in [-0.05, 0) is 29.0 Å². The second-order valence-corrected chi connectivity index (χ2v) is 3.97. The van der Waals surface area contributed by atoms with Crippen LogP contribution in [-0.4, -0.2) is 0 Å². The first-order valence-electron chi connectivity index (χ1n) is 5.80. The van der Waals surface area contributed by atoms with Crippen LogP contribution in [-0.2, 0) is 0 Å². The van der Waals surface area contributed by atoms with Crippen molar-refractivity contribution in [3.63, 3.8) is 0 Å². The molecule has 3 rings (SSSR count). The van der Waals surface area contributed by atoms with Crippen molar-refractivity contribution >= 4 is 22.1 Å². The first kappa shape index (κ1) is 10.7. The Kier molecular flexibility index (Phi) is 2.84. The lowest BCUT2D eigenvalue weighted by Crippen LogP contribution is -1.71.